The van der Waals surface area contributed by atoms with E-state index < -0.39 is 0 Å². The predicted molar refractivity (Wildman–Crippen MR) is 72.4 cm³/mol. The Balaban J connectivity index is 2.13. The lowest BCUT2D eigenvalue weighted by molar-refractivity contribution is 0.303. The van der Waals surface area contributed by atoms with Crippen molar-refractivity contribution in [3.8, 4) is 11.8 Å². The number of nitriles is 1. The number of pyridine rings is 1. The summed E-state index contributed by atoms with van der Waals surface area (Å²) in [6.07, 6.45) is 1.61. The van der Waals surface area contributed by atoms with E-state index in [0.29, 0.717) is 12.3 Å². The van der Waals surface area contributed by atoms with Crippen LogP contribution in [0.2, 0.25) is 0 Å². The molecule has 84 valence electrons. The molecule has 1 heterocycles. The smallest absolute Gasteiger partial charge is 0.147 e. The van der Waals surface area contributed by atoms with Crippen LogP contribution in [0.25, 0.3) is 0 Å². The van der Waals surface area contributed by atoms with Crippen LogP contribution < -0.4 is 4.74 Å². The van der Waals surface area contributed by atoms with Crippen molar-refractivity contribution >= 4 is 22.6 Å². The molecule has 0 unspecified atom stereocenters. The van der Waals surface area contributed by atoms with Gasteiger partial charge in [-0.2, -0.15) is 5.26 Å². The van der Waals surface area contributed by atoms with Gasteiger partial charge in [-0.05, 0) is 40.8 Å². The Morgan fingerprint density at radius 1 is 1.24 bits per heavy atom. The standard InChI is InChI=1S/C13H9IN2O/c14-11-5-1-2-6-13(11)17-9-10-4-3-7-16-12(10)8-15/h1-7H,9H2. The fourth-order valence-corrected chi connectivity index (χ4v) is 1.92. The normalized spacial score (nSPS) is 9.65. The van der Waals surface area contributed by atoms with E-state index >= 15 is 0 Å². The summed E-state index contributed by atoms with van der Waals surface area (Å²) < 4.78 is 6.72. The zero-order valence-electron chi connectivity index (χ0n) is 8.93. The summed E-state index contributed by atoms with van der Waals surface area (Å²) in [5, 5.41) is 8.90. The molecule has 0 aliphatic heterocycles. The lowest BCUT2D eigenvalue weighted by atomic mass is 10.2. The number of ether oxygens (including phenoxy) is 1. The van der Waals surface area contributed by atoms with Crippen LogP contribution in [0.4, 0.5) is 0 Å². The Kier molecular flexibility index (Phi) is 3.94. The number of rotatable bonds is 3. The molecular formula is C13H9IN2O. The summed E-state index contributed by atoms with van der Waals surface area (Å²) in [5.41, 5.74) is 1.22. The first-order valence-electron chi connectivity index (χ1n) is 5.02. The Bertz CT molecular complexity index is 563. The van der Waals surface area contributed by atoms with Crippen LogP contribution in [0, 0.1) is 14.9 Å². The third kappa shape index (κ3) is 2.94. The number of nitrogens with zero attached hydrogens (tertiary/aromatic N) is 2. The first-order chi connectivity index (χ1) is 8.31. The van der Waals surface area contributed by atoms with Gasteiger partial charge in [0.2, 0.25) is 0 Å². The van der Waals surface area contributed by atoms with Crippen LogP contribution >= 0.6 is 22.6 Å². The molecule has 0 amide bonds. The molecule has 0 fully saturated rings. The molecule has 0 radical (unpaired) electrons. The summed E-state index contributed by atoms with van der Waals surface area (Å²) in [6.45, 7) is 0.358. The fraction of sp³-hybridized carbons (Fsp3) is 0.0769. The number of benzene rings is 1. The molecule has 1 aromatic heterocycles. The van der Waals surface area contributed by atoms with E-state index in [0.717, 1.165) is 14.9 Å². The van der Waals surface area contributed by atoms with Crippen LogP contribution in [0.1, 0.15) is 11.3 Å². The van der Waals surface area contributed by atoms with Crippen molar-refractivity contribution in [3.63, 3.8) is 0 Å². The number of hydrogen-bond acceptors (Lipinski definition) is 3. The van der Waals surface area contributed by atoms with Gasteiger partial charge >= 0.3 is 0 Å². The minimum absolute atomic E-state index is 0.358. The van der Waals surface area contributed by atoms with Crippen LogP contribution in [-0.2, 0) is 6.61 Å². The minimum Gasteiger partial charge on any atom is -0.488 e. The molecule has 3 nitrogen and oxygen atoms in total. The molecular weight excluding hydrogens is 327 g/mol. The van der Waals surface area contributed by atoms with Crippen LogP contribution in [0.15, 0.2) is 42.6 Å². The van der Waals surface area contributed by atoms with E-state index in [1.165, 1.54) is 0 Å². The highest BCUT2D eigenvalue weighted by Gasteiger charge is 2.04. The van der Waals surface area contributed by atoms with E-state index in [2.05, 4.69) is 33.6 Å². The maximum absolute atomic E-state index is 8.90. The van der Waals surface area contributed by atoms with Crippen molar-refractivity contribution in [3.05, 3.63) is 57.4 Å². The summed E-state index contributed by atoms with van der Waals surface area (Å²) in [6, 6.07) is 13.5. The number of para-hydroxylation sites is 1. The molecule has 0 aliphatic rings. The van der Waals surface area contributed by atoms with Gasteiger partial charge in [-0.1, -0.05) is 18.2 Å². The maximum atomic E-state index is 8.90. The van der Waals surface area contributed by atoms with E-state index in [-0.39, 0.29) is 0 Å². The van der Waals surface area contributed by atoms with Gasteiger partial charge in [0.1, 0.15) is 24.1 Å². The summed E-state index contributed by atoms with van der Waals surface area (Å²) >= 11 is 2.22. The fourth-order valence-electron chi connectivity index (χ4n) is 1.37. The molecule has 2 aromatic rings. The molecule has 0 atom stereocenters. The zero-order valence-corrected chi connectivity index (χ0v) is 11.1. The summed E-state index contributed by atoms with van der Waals surface area (Å²) in [4.78, 5) is 3.99. The topological polar surface area (TPSA) is 45.9 Å². The molecule has 2 rings (SSSR count). The van der Waals surface area contributed by atoms with Gasteiger partial charge in [-0.3, -0.25) is 0 Å². The predicted octanol–water partition coefficient (Wildman–Crippen LogP) is 3.14. The molecule has 1 aromatic carbocycles. The highest BCUT2D eigenvalue weighted by atomic mass is 127. The molecule has 0 bridgehead atoms. The highest BCUT2D eigenvalue weighted by molar-refractivity contribution is 14.1. The van der Waals surface area contributed by atoms with Crippen molar-refractivity contribution < 1.29 is 4.74 Å². The van der Waals surface area contributed by atoms with E-state index in [1.807, 2.05) is 30.3 Å². The number of aromatic nitrogens is 1. The van der Waals surface area contributed by atoms with Gasteiger partial charge < -0.3 is 4.74 Å². The van der Waals surface area contributed by atoms with Crippen molar-refractivity contribution in [1.82, 2.24) is 4.98 Å². The number of hydrogen-bond donors (Lipinski definition) is 0. The second kappa shape index (κ2) is 5.64. The Hall–Kier alpha value is -1.61. The minimum atomic E-state index is 0.358. The zero-order chi connectivity index (χ0) is 12.1. The van der Waals surface area contributed by atoms with Gasteiger partial charge in [0.15, 0.2) is 0 Å². The maximum Gasteiger partial charge on any atom is 0.147 e. The monoisotopic (exact) mass is 336 g/mol. The van der Waals surface area contributed by atoms with Gasteiger partial charge in [-0.25, -0.2) is 4.98 Å². The van der Waals surface area contributed by atoms with Crippen molar-refractivity contribution in [1.29, 1.82) is 5.26 Å². The Labute approximate surface area is 113 Å². The number of halogens is 1. The molecule has 0 aliphatic carbocycles. The van der Waals surface area contributed by atoms with Crippen molar-refractivity contribution in [2.45, 2.75) is 6.61 Å². The second-order valence-corrected chi connectivity index (χ2v) is 4.50. The lowest BCUT2D eigenvalue weighted by Crippen LogP contribution is -2.00. The van der Waals surface area contributed by atoms with E-state index in [9.17, 15) is 0 Å². The highest BCUT2D eigenvalue weighted by Crippen LogP contribution is 2.21. The second-order valence-electron chi connectivity index (χ2n) is 3.34. The van der Waals surface area contributed by atoms with Gasteiger partial charge in [0.25, 0.3) is 0 Å². The van der Waals surface area contributed by atoms with Crippen LogP contribution in [0.3, 0.4) is 0 Å². The molecule has 0 N–H and O–H groups in total. The first kappa shape index (κ1) is 11.9. The first-order valence-corrected chi connectivity index (χ1v) is 6.10. The third-order valence-corrected chi connectivity index (χ3v) is 3.11. The molecule has 0 saturated carbocycles. The van der Waals surface area contributed by atoms with Crippen molar-refractivity contribution in [2.24, 2.45) is 0 Å². The summed E-state index contributed by atoms with van der Waals surface area (Å²) in [5.74, 6) is 0.820. The van der Waals surface area contributed by atoms with Crippen LogP contribution in [0.5, 0.6) is 5.75 Å². The molecule has 17 heavy (non-hydrogen) atoms. The average Bonchev–Trinajstić information content (AvgIpc) is 2.38. The quantitative estimate of drug-likeness (QED) is 0.809. The summed E-state index contributed by atoms with van der Waals surface area (Å²) in [7, 11) is 0. The van der Waals surface area contributed by atoms with Gasteiger partial charge in [0.05, 0.1) is 3.57 Å². The van der Waals surface area contributed by atoms with E-state index in [4.69, 9.17) is 10.00 Å². The van der Waals surface area contributed by atoms with E-state index in [1.54, 1.807) is 12.3 Å². The lowest BCUT2D eigenvalue weighted by Gasteiger charge is -2.08. The SMILES string of the molecule is N#Cc1ncccc1COc1ccccc1I. The van der Waals surface area contributed by atoms with Crippen molar-refractivity contribution in [2.75, 3.05) is 0 Å². The Morgan fingerprint density at radius 3 is 2.82 bits per heavy atom. The van der Waals surface area contributed by atoms with Crippen LogP contribution in [-0.4, -0.2) is 4.98 Å². The van der Waals surface area contributed by atoms with Gasteiger partial charge in [0, 0.05) is 11.8 Å². The Morgan fingerprint density at radius 2 is 2.06 bits per heavy atom. The molecule has 0 saturated heterocycles. The molecule has 0 spiro atoms. The largest absolute Gasteiger partial charge is 0.488 e. The third-order valence-electron chi connectivity index (χ3n) is 2.22. The molecule has 4 heteroatoms. The average molecular weight is 336 g/mol. The van der Waals surface area contributed by atoms with Gasteiger partial charge in [-0.15, -0.1) is 0 Å².